The van der Waals surface area contributed by atoms with Gasteiger partial charge in [0.15, 0.2) is 11.6 Å². The Morgan fingerprint density at radius 2 is 2.12 bits per heavy atom. The molecule has 0 atom stereocenters. The SMILES string of the molecule is Nc1n[nH]c(-c2ccco2)c1-c1ccccn1. The number of anilines is 1. The molecule has 3 heterocycles. The van der Waals surface area contributed by atoms with E-state index in [2.05, 4.69) is 15.2 Å². The fraction of sp³-hybridized carbons (Fsp3) is 0. The highest BCUT2D eigenvalue weighted by Gasteiger charge is 2.16. The Morgan fingerprint density at radius 1 is 1.18 bits per heavy atom. The normalized spacial score (nSPS) is 10.6. The first-order valence-corrected chi connectivity index (χ1v) is 5.15. The monoisotopic (exact) mass is 226 g/mol. The van der Waals surface area contributed by atoms with E-state index in [1.165, 1.54) is 0 Å². The predicted molar refractivity (Wildman–Crippen MR) is 63.9 cm³/mol. The summed E-state index contributed by atoms with van der Waals surface area (Å²) in [5.74, 6) is 1.10. The van der Waals surface area contributed by atoms with Gasteiger partial charge in [-0.25, -0.2) is 0 Å². The lowest BCUT2D eigenvalue weighted by Crippen LogP contribution is -1.90. The Morgan fingerprint density at radius 3 is 2.82 bits per heavy atom. The molecule has 0 aliphatic heterocycles. The summed E-state index contributed by atoms with van der Waals surface area (Å²) in [6.07, 6.45) is 3.32. The molecule has 3 aromatic heterocycles. The van der Waals surface area contributed by atoms with Crippen LogP contribution in [0.5, 0.6) is 0 Å². The van der Waals surface area contributed by atoms with Crippen LogP contribution < -0.4 is 5.73 Å². The van der Waals surface area contributed by atoms with Crippen LogP contribution in [-0.2, 0) is 0 Å². The summed E-state index contributed by atoms with van der Waals surface area (Å²) in [6, 6.07) is 9.30. The van der Waals surface area contributed by atoms with Crippen LogP contribution in [0, 0.1) is 0 Å². The third kappa shape index (κ3) is 1.57. The standard InChI is InChI=1S/C12H10N4O/c13-12-10(8-4-1-2-6-14-8)11(15-16-12)9-5-3-7-17-9/h1-7H,(H3,13,15,16). The molecule has 0 aromatic carbocycles. The lowest BCUT2D eigenvalue weighted by molar-refractivity contribution is 0.580. The molecular weight excluding hydrogens is 216 g/mol. The lowest BCUT2D eigenvalue weighted by Gasteiger charge is -2.00. The second-order valence-corrected chi connectivity index (χ2v) is 3.55. The minimum Gasteiger partial charge on any atom is -0.463 e. The minimum absolute atomic E-state index is 0.412. The van der Waals surface area contributed by atoms with Crippen molar-refractivity contribution in [3.63, 3.8) is 0 Å². The van der Waals surface area contributed by atoms with E-state index in [-0.39, 0.29) is 0 Å². The van der Waals surface area contributed by atoms with Crippen LogP contribution in [0.4, 0.5) is 5.82 Å². The van der Waals surface area contributed by atoms with Crippen molar-refractivity contribution in [2.24, 2.45) is 0 Å². The van der Waals surface area contributed by atoms with Crippen LogP contribution in [0.1, 0.15) is 0 Å². The second-order valence-electron chi connectivity index (χ2n) is 3.55. The van der Waals surface area contributed by atoms with Crippen LogP contribution in [0.25, 0.3) is 22.7 Å². The molecule has 5 heteroatoms. The third-order valence-electron chi connectivity index (χ3n) is 2.48. The molecule has 0 amide bonds. The van der Waals surface area contributed by atoms with Crippen LogP contribution in [0.15, 0.2) is 47.2 Å². The van der Waals surface area contributed by atoms with Crippen molar-refractivity contribution in [1.82, 2.24) is 15.2 Å². The third-order valence-corrected chi connectivity index (χ3v) is 2.48. The highest BCUT2D eigenvalue weighted by molar-refractivity contribution is 5.84. The van der Waals surface area contributed by atoms with Crippen molar-refractivity contribution in [3.05, 3.63) is 42.8 Å². The first-order valence-electron chi connectivity index (χ1n) is 5.15. The van der Waals surface area contributed by atoms with Gasteiger partial charge in [0.1, 0.15) is 5.69 Å². The van der Waals surface area contributed by atoms with E-state index in [1.54, 1.807) is 12.5 Å². The van der Waals surface area contributed by atoms with E-state index in [4.69, 9.17) is 10.2 Å². The zero-order chi connectivity index (χ0) is 11.7. The largest absolute Gasteiger partial charge is 0.463 e. The van der Waals surface area contributed by atoms with Gasteiger partial charge in [-0.15, -0.1) is 0 Å². The Kier molecular flexibility index (Phi) is 2.15. The average Bonchev–Trinajstić information content (AvgIpc) is 2.98. The maximum atomic E-state index is 5.86. The molecule has 17 heavy (non-hydrogen) atoms. The molecule has 0 saturated carbocycles. The maximum Gasteiger partial charge on any atom is 0.155 e. The van der Waals surface area contributed by atoms with Crippen molar-refractivity contribution in [1.29, 1.82) is 0 Å². The number of pyridine rings is 1. The number of hydrogen-bond acceptors (Lipinski definition) is 4. The molecule has 3 rings (SSSR count). The lowest BCUT2D eigenvalue weighted by atomic mass is 10.1. The molecule has 0 aliphatic carbocycles. The Labute approximate surface area is 97.3 Å². The van der Waals surface area contributed by atoms with Gasteiger partial charge in [0.2, 0.25) is 0 Å². The zero-order valence-corrected chi connectivity index (χ0v) is 8.92. The van der Waals surface area contributed by atoms with Gasteiger partial charge in [-0.1, -0.05) is 6.07 Å². The maximum absolute atomic E-state index is 5.86. The van der Waals surface area contributed by atoms with E-state index in [0.717, 1.165) is 17.0 Å². The van der Waals surface area contributed by atoms with E-state index in [9.17, 15) is 0 Å². The number of nitrogens with zero attached hydrogens (tertiary/aromatic N) is 2. The van der Waals surface area contributed by atoms with E-state index < -0.39 is 0 Å². The molecule has 0 radical (unpaired) electrons. The van der Waals surface area contributed by atoms with Gasteiger partial charge >= 0.3 is 0 Å². The number of hydrogen-bond donors (Lipinski definition) is 2. The smallest absolute Gasteiger partial charge is 0.155 e. The average molecular weight is 226 g/mol. The molecule has 3 N–H and O–H groups in total. The molecule has 0 saturated heterocycles. The van der Waals surface area contributed by atoms with Crippen molar-refractivity contribution < 1.29 is 4.42 Å². The molecule has 0 fully saturated rings. The first-order chi connectivity index (χ1) is 8.36. The summed E-state index contributed by atoms with van der Waals surface area (Å²) < 4.78 is 5.34. The van der Waals surface area contributed by atoms with Crippen molar-refractivity contribution in [2.45, 2.75) is 0 Å². The van der Waals surface area contributed by atoms with Crippen molar-refractivity contribution in [2.75, 3.05) is 5.73 Å². The number of rotatable bonds is 2. The molecule has 84 valence electrons. The van der Waals surface area contributed by atoms with Crippen LogP contribution in [0.2, 0.25) is 0 Å². The summed E-state index contributed by atoms with van der Waals surface area (Å²) in [4.78, 5) is 4.27. The molecule has 0 spiro atoms. The van der Waals surface area contributed by atoms with Crippen molar-refractivity contribution >= 4 is 5.82 Å². The molecular formula is C12H10N4O. The van der Waals surface area contributed by atoms with Gasteiger partial charge in [-0.05, 0) is 24.3 Å². The molecule has 3 aromatic rings. The Bertz CT molecular complexity index is 613. The highest BCUT2D eigenvalue weighted by Crippen LogP contribution is 2.33. The number of H-pyrrole nitrogens is 1. The fourth-order valence-corrected chi connectivity index (χ4v) is 1.73. The highest BCUT2D eigenvalue weighted by atomic mass is 16.3. The molecule has 5 nitrogen and oxygen atoms in total. The summed E-state index contributed by atoms with van der Waals surface area (Å²) in [5.41, 5.74) is 8.13. The number of furan rings is 1. The van der Waals surface area contributed by atoms with Crippen LogP contribution >= 0.6 is 0 Å². The van der Waals surface area contributed by atoms with Gasteiger partial charge in [-0.2, -0.15) is 5.10 Å². The first kappa shape index (κ1) is 9.65. The van der Waals surface area contributed by atoms with E-state index >= 15 is 0 Å². The Hall–Kier alpha value is -2.56. The van der Waals surface area contributed by atoms with Gasteiger partial charge in [0.25, 0.3) is 0 Å². The molecule has 0 bridgehead atoms. The summed E-state index contributed by atoms with van der Waals surface area (Å²) in [6.45, 7) is 0. The number of aromatic nitrogens is 3. The van der Waals surface area contributed by atoms with Gasteiger partial charge in [0.05, 0.1) is 17.5 Å². The van der Waals surface area contributed by atoms with Crippen LogP contribution in [0.3, 0.4) is 0 Å². The number of nitrogens with two attached hydrogens (primary N) is 1. The Balaban J connectivity index is 2.20. The van der Waals surface area contributed by atoms with Gasteiger partial charge in [0, 0.05) is 6.20 Å². The molecule has 0 unspecified atom stereocenters. The van der Waals surface area contributed by atoms with Crippen molar-refractivity contribution in [3.8, 4) is 22.7 Å². The van der Waals surface area contributed by atoms with E-state index in [0.29, 0.717) is 11.6 Å². The number of nitrogens with one attached hydrogen (secondary N) is 1. The second kappa shape index (κ2) is 3.79. The quantitative estimate of drug-likeness (QED) is 0.702. The number of nitrogen functional groups attached to an aromatic ring is 1. The predicted octanol–water partition coefficient (Wildman–Crippen LogP) is 2.31. The zero-order valence-electron chi connectivity index (χ0n) is 8.92. The number of aromatic amines is 1. The van der Waals surface area contributed by atoms with E-state index in [1.807, 2.05) is 30.3 Å². The summed E-state index contributed by atoms with van der Waals surface area (Å²) in [5, 5.41) is 6.87. The summed E-state index contributed by atoms with van der Waals surface area (Å²) in [7, 11) is 0. The van der Waals surface area contributed by atoms with Gasteiger partial charge < -0.3 is 10.2 Å². The minimum atomic E-state index is 0.412. The summed E-state index contributed by atoms with van der Waals surface area (Å²) >= 11 is 0. The van der Waals surface area contributed by atoms with Gasteiger partial charge in [-0.3, -0.25) is 10.1 Å². The van der Waals surface area contributed by atoms with Crippen LogP contribution in [-0.4, -0.2) is 15.2 Å². The molecule has 0 aliphatic rings. The topological polar surface area (TPSA) is 80.7 Å². The fourth-order valence-electron chi connectivity index (χ4n) is 1.73.